The Balaban J connectivity index is 0.000000385. The molecule has 0 unspecified atom stereocenters. The Kier molecular flexibility index (Phi) is 11.2. The molecule has 1 heterocycles. The van der Waals surface area contributed by atoms with Gasteiger partial charge in [-0.2, -0.15) is 0 Å². The van der Waals surface area contributed by atoms with Crippen molar-refractivity contribution in [2.24, 2.45) is 4.99 Å². The molecular weight excluding hydrogens is 617 g/mol. The molecule has 10 heteroatoms. The smallest absolute Gasteiger partial charge is 0.255 e. The molecule has 0 atom stereocenters. The first kappa shape index (κ1) is 34.9. The molecule has 0 fully saturated rings. The number of fused-ring (bicyclic) bond motifs is 1. The average molecular weight is 658 g/mol. The number of sulfonamides is 1. The monoisotopic (exact) mass is 657 g/mol. The highest BCUT2D eigenvalue weighted by Crippen LogP contribution is 2.42. The highest BCUT2D eigenvalue weighted by Gasteiger charge is 2.26. The summed E-state index contributed by atoms with van der Waals surface area (Å²) in [7, 11) is 1.05. The zero-order valence-corrected chi connectivity index (χ0v) is 28.5. The molecule has 8 nitrogen and oxygen atoms in total. The Hall–Kier alpha value is -4.96. The maximum absolute atomic E-state index is 13.6. The first-order valence-electron chi connectivity index (χ1n) is 15.2. The molecule has 5 aromatic rings. The minimum absolute atomic E-state index is 0.262. The molecule has 246 valence electrons. The Morgan fingerprint density at radius 3 is 2.23 bits per heavy atom. The van der Waals surface area contributed by atoms with Gasteiger partial charge in [-0.25, -0.2) is 12.8 Å². The van der Waals surface area contributed by atoms with Gasteiger partial charge < -0.3 is 14.5 Å². The standard InChI is InChI=1S/C27H26FN3O4S.C10H14O/c1-6-30-22-12-9-18(13-16(22)2)20-14-21-24(15-23(20)31(4)36(5,33)34)35-26(25(21)27(32)29-3)17-7-10-19(28)11-8-17;1-3-4-9-5-7-10(11-2)8-6-9/h6-15H,1-5H3,(H,29,32);5-8H,3-4H2,1-2H3. The summed E-state index contributed by atoms with van der Waals surface area (Å²) in [4.78, 5) is 17.3. The van der Waals surface area contributed by atoms with Gasteiger partial charge in [0, 0.05) is 42.9 Å². The Morgan fingerprint density at radius 2 is 1.68 bits per heavy atom. The van der Waals surface area contributed by atoms with Gasteiger partial charge in [-0.15, -0.1) is 0 Å². The van der Waals surface area contributed by atoms with E-state index in [4.69, 9.17) is 9.15 Å². The van der Waals surface area contributed by atoms with Gasteiger partial charge in [0.15, 0.2) is 0 Å². The van der Waals surface area contributed by atoms with Crippen molar-refractivity contribution in [3.05, 3.63) is 101 Å². The number of benzene rings is 4. The number of halogens is 1. The van der Waals surface area contributed by atoms with Crippen LogP contribution in [0.1, 0.15) is 41.8 Å². The van der Waals surface area contributed by atoms with E-state index in [0.29, 0.717) is 27.8 Å². The highest BCUT2D eigenvalue weighted by atomic mass is 32.2. The van der Waals surface area contributed by atoms with Crippen molar-refractivity contribution in [1.29, 1.82) is 0 Å². The second-order valence-corrected chi connectivity index (χ2v) is 13.0. The number of carbonyl (C=O) groups is 1. The molecule has 0 saturated heterocycles. The van der Waals surface area contributed by atoms with Gasteiger partial charge in [0.1, 0.15) is 22.9 Å². The van der Waals surface area contributed by atoms with Crippen LogP contribution in [0.4, 0.5) is 15.8 Å². The average Bonchev–Trinajstić information content (AvgIpc) is 3.43. The van der Waals surface area contributed by atoms with E-state index in [9.17, 15) is 17.6 Å². The summed E-state index contributed by atoms with van der Waals surface area (Å²) in [5.41, 5.74) is 5.95. The van der Waals surface area contributed by atoms with E-state index >= 15 is 0 Å². The number of aryl methyl sites for hydroxylation is 2. The van der Waals surface area contributed by atoms with Crippen LogP contribution >= 0.6 is 0 Å². The van der Waals surface area contributed by atoms with Crippen LogP contribution in [0.15, 0.2) is 88.3 Å². The lowest BCUT2D eigenvalue weighted by atomic mass is 9.97. The normalized spacial score (nSPS) is 11.3. The number of aliphatic imine (C=N–C) groups is 1. The lowest BCUT2D eigenvalue weighted by Gasteiger charge is -2.21. The van der Waals surface area contributed by atoms with E-state index in [2.05, 4.69) is 29.4 Å². The summed E-state index contributed by atoms with van der Waals surface area (Å²) < 4.78 is 50.9. The molecule has 5 rings (SSSR count). The Bertz CT molecular complexity index is 2000. The third-order valence-electron chi connectivity index (χ3n) is 7.68. The van der Waals surface area contributed by atoms with Crippen molar-refractivity contribution in [2.75, 3.05) is 31.8 Å². The summed E-state index contributed by atoms with van der Waals surface area (Å²) in [6, 6.07) is 22.9. The van der Waals surface area contributed by atoms with Gasteiger partial charge >= 0.3 is 0 Å². The number of ether oxygens (including phenoxy) is 1. The predicted molar refractivity (Wildman–Crippen MR) is 189 cm³/mol. The minimum Gasteiger partial charge on any atom is -0.497 e. The molecule has 0 spiro atoms. The molecule has 47 heavy (non-hydrogen) atoms. The molecule has 0 bridgehead atoms. The van der Waals surface area contributed by atoms with E-state index < -0.39 is 15.8 Å². The topological polar surface area (TPSA) is 101 Å². The lowest BCUT2D eigenvalue weighted by Crippen LogP contribution is -2.25. The fourth-order valence-electron chi connectivity index (χ4n) is 5.15. The number of amides is 1. The number of nitrogens with one attached hydrogen (secondary N) is 1. The van der Waals surface area contributed by atoms with E-state index in [1.807, 2.05) is 44.2 Å². The Morgan fingerprint density at radius 1 is 1.02 bits per heavy atom. The molecule has 0 saturated carbocycles. The van der Waals surface area contributed by atoms with Crippen LogP contribution in [0.3, 0.4) is 0 Å². The van der Waals surface area contributed by atoms with E-state index in [1.165, 1.54) is 54.7 Å². The predicted octanol–water partition coefficient (Wildman–Crippen LogP) is 8.34. The fraction of sp³-hybridized carbons (Fsp3) is 0.243. The van der Waals surface area contributed by atoms with Gasteiger partial charge in [0.2, 0.25) is 10.0 Å². The number of methoxy groups -OCH3 is 1. The molecule has 4 aromatic carbocycles. The van der Waals surface area contributed by atoms with Crippen LogP contribution in [0.2, 0.25) is 0 Å². The Labute approximate surface area is 276 Å². The van der Waals surface area contributed by atoms with Crippen LogP contribution < -0.4 is 14.4 Å². The van der Waals surface area contributed by atoms with Gasteiger partial charge in [0.25, 0.3) is 5.91 Å². The molecule has 0 aliphatic rings. The van der Waals surface area contributed by atoms with Crippen molar-refractivity contribution >= 4 is 44.5 Å². The third kappa shape index (κ3) is 8.07. The van der Waals surface area contributed by atoms with E-state index in [1.54, 1.807) is 25.5 Å². The summed E-state index contributed by atoms with van der Waals surface area (Å²) in [6.45, 7) is 5.94. The molecule has 0 aliphatic carbocycles. The first-order valence-corrected chi connectivity index (χ1v) is 17.0. The number of furan rings is 1. The van der Waals surface area contributed by atoms with E-state index in [0.717, 1.165) is 35.2 Å². The quantitative estimate of drug-likeness (QED) is 0.161. The lowest BCUT2D eigenvalue weighted by molar-refractivity contribution is 0.0964. The van der Waals surface area contributed by atoms with E-state index in [-0.39, 0.29) is 17.2 Å². The summed E-state index contributed by atoms with van der Waals surface area (Å²) in [5.74, 6) is 0.400. The van der Waals surface area contributed by atoms with Crippen molar-refractivity contribution in [1.82, 2.24) is 5.32 Å². The van der Waals surface area contributed by atoms with Crippen molar-refractivity contribution in [3.8, 4) is 28.2 Å². The molecule has 1 aromatic heterocycles. The summed E-state index contributed by atoms with van der Waals surface area (Å²) in [5, 5.41) is 3.14. The minimum atomic E-state index is -3.62. The number of anilines is 1. The zero-order valence-electron chi connectivity index (χ0n) is 27.7. The second kappa shape index (κ2) is 15.1. The fourth-order valence-corrected chi connectivity index (χ4v) is 5.65. The van der Waals surface area contributed by atoms with Crippen LogP contribution in [-0.4, -0.2) is 48.0 Å². The zero-order chi connectivity index (χ0) is 34.3. The van der Waals surface area contributed by atoms with Gasteiger partial charge in [-0.1, -0.05) is 31.5 Å². The van der Waals surface area contributed by atoms with Crippen molar-refractivity contribution in [2.45, 2.75) is 33.6 Å². The first-order chi connectivity index (χ1) is 22.4. The SMILES string of the molecule is CC=Nc1ccc(-c2cc3c(C(=O)NC)c(-c4ccc(F)cc4)oc3cc2N(C)S(C)(=O)=O)cc1C.CCCc1ccc(OC)cc1. The molecule has 0 radical (unpaired) electrons. The van der Waals surface area contributed by atoms with Gasteiger partial charge in [0.05, 0.1) is 30.3 Å². The van der Waals surface area contributed by atoms with Crippen LogP contribution in [0.5, 0.6) is 5.75 Å². The molecular formula is C37H40FN3O5S. The van der Waals surface area contributed by atoms with Gasteiger partial charge in [-0.3, -0.25) is 14.1 Å². The summed E-state index contributed by atoms with van der Waals surface area (Å²) in [6.07, 6.45) is 5.18. The molecule has 1 amide bonds. The summed E-state index contributed by atoms with van der Waals surface area (Å²) >= 11 is 0. The maximum Gasteiger partial charge on any atom is 0.255 e. The van der Waals surface area contributed by atoms with Crippen LogP contribution in [0.25, 0.3) is 33.4 Å². The van der Waals surface area contributed by atoms with Crippen LogP contribution in [-0.2, 0) is 16.4 Å². The number of nitrogens with zero attached hydrogens (tertiary/aromatic N) is 2. The largest absolute Gasteiger partial charge is 0.497 e. The number of hydrogen-bond acceptors (Lipinski definition) is 6. The van der Waals surface area contributed by atoms with Crippen LogP contribution in [0, 0.1) is 12.7 Å². The highest BCUT2D eigenvalue weighted by molar-refractivity contribution is 7.92. The number of hydrogen-bond donors (Lipinski definition) is 1. The van der Waals surface area contributed by atoms with Gasteiger partial charge in [-0.05, 0) is 91.6 Å². The molecule has 0 aliphatic heterocycles. The number of carbonyl (C=O) groups excluding carboxylic acids is 1. The van der Waals surface area contributed by atoms with Crippen molar-refractivity contribution in [3.63, 3.8) is 0 Å². The maximum atomic E-state index is 13.6. The van der Waals surface area contributed by atoms with Crippen molar-refractivity contribution < 1.29 is 26.8 Å². The number of rotatable bonds is 9. The second-order valence-electron chi connectivity index (χ2n) is 11.0. The molecule has 1 N–H and O–H groups in total. The third-order valence-corrected chi connectivity index (χ3v) is 8.87.